The van der Waals surface area contributed by atoms with Crippen LogP contribution in [0.2, 0.25) is 0 Å². The van der Waals surface area contributed by atoms with Crippen LogP contribution in [0.15, 0.2) is 24.3 Å². The molecule has 17 heavy (non-hydrogen) atoms. The van der Waals surface area contributed by atoms with E-state index in [9.17, 15) is 4.79 Å². The molecule has 0 saturated carbocycles. The lowest BCUT2D eigenvalue weighted by atomic mass is 9.99. The van der Waals surface area contributed by atoms with Crippen LogP contribution in [0.4, 0.5) is 0 Å². The maximum Gasteiger partial charge on any atom is 0.185 e. The minimum absolute atomic E-state index is 0.141. The second-order valence-corrected chi connectivity index (χ2v) is 5.34. The molecule has 0 aromatic heterocycles. The predicted octanol–water partition coefficient (Wildman–Crippen LogP) is 3.86. The molecule has 0 aliphatic carbocycles. The Morgan fingerprint density at radius 2 is 2.24 bits per heavy atom. The zero-order chi connectivity index (χ0) is 12.7. The first-order valence-corrected chi connectivity index (χ1v) is 6.98. The zero-order valence-corrected chi connectivity index (χ0v) is 11.5. The lowest BCUT2D eigenvalue weighted by molar-refractivity contribution is -0.109. The van der Waals surface area contributed by atoms with Gasteiger partial charge in [-0.05, 0) is 30.0 Å². The molecule has 0 aliphatic rings. The fourth-order valence-corrected chi connectivity index (χ4v) is 1.95. The van der Waals surface area contributed by atoms with Gasteiger partial charge in [0.2, 0.25) is 0 Å². The first-order chi connectivity index (χ1) is 8.13. The van der Waals surface area contributed by atoms with E-state index in [2.05, 4.69) is 26.0 Å². The second-order valence-electron chi connectivity index (χ2n) is 4.07. The van der Waals surface area contributed by atoms with Crippen molar-refractivity contribution in [2.24, 2.45) is 0 Å². The van der Waals surface area contributed by atoms with Crippen LogP contribution in [0.5, 0.6) is 5.75 Å². The molecule has 2 nitrogen and oxygen atoms in total. The summed E-state index contributed by atoms with van der Waals surface area (Å²) in [5.74, 6) is 2.17. The average Bonchev–Trinajstić information content (AvgIpc) is 2.34. The summed E-state index contributed by atoms with van der Waals surface area (Å²) in [7, 11) is 0. The van der Waals surface area contributed by atoms with E-state index < -0.39 is 0 Å². The van der Waals surface area contributed by atoms with E-state index >= 15 is 0 Å². The lowest BCUT2D eigenvalue weighted by Gasteiger charge is -2.11. The number of rotatable bonds is 6. The van der Waals surface area contributed by atoms with E-state index in [1.54, 1.807) is 6.92 Å². The molecule has 1 unspecified atom stereocenters. The van der Waals surface area contributed by atoms with Crippen LogP contribution in [0.1, 0.15) is 38.7 Å². The maximum atomic E-state index is 10.7. The first kappa shape index (κ1) is 14.1. The average molecular weight is 252 g/mol. The summed E-state index contributed by atoms with van der Waals surface area (Å²) >= 11 is 1.30. The fourth-order valence-electron chi connectivity index (χ4n) is 1.49. The molecule has 0 N–H and O–H groups in total. The third-order valence-corrected chi connectivity index (χ3v) is 3.47. The number of hydrogen-bond acceptors (Lipinski definition) is 3. The number of thioether (sulfide) groups is 1. The molecule has 0 spiro atoms. The molecule has 1 aromatic carbocycles. The number of hydrogen-bond donors (Lipinski definition) is 0. The summed E-state index contributed by atoms with van der Waals surface area (Å²) in [4.78, 5) is 10.7. The molecule has 94 valence electrons. The van der Waals surface area contributed by atoms with Crippen LogP contribution >= 0.6 is 11.8 Å². The number of benzene rings is 1. The van der Waals surface area contributed by atoms with Crippen molar-refractivity contribution < 1.29 is 9.53 Å². The Morgan fingerprint density at radius 1 is 1.47 bits per heavy atom. The van der Waals surface area contributed by atoms with Crippen molar-refractivity contribution in [2.75, 3.05) is 12.4 Å². The third-order valence-electron chi connectivity index (χ3n) is 2.70. The smallest absolute Gasteiger partial charge is 0.185 e. The number of carbonyl (C=O) groups excluding carboxylic acids is 1. The van der Waals surface area contributed by atoms with Gasteiger partial charge in [0.25, 0.3) is 0 Å². The fraction of sp³-hybridized carbons (Fsp3) is 0.500. The second kappa shape index (κ2) is 7.38. The van der Waals surface area contributed by atoms with Crippen molar-refractivity contribution in [1.29, 1.82) is 0 Å². The topological polar surface area (TPSA) is 26.3 Å². The normalized spacial score (nSPS) is 12.2. The monoisotopic (exact) mass is 252 g/mol. The Balaban J connectivity index is 2.45. The Bertz CT molecular complexity index is 363. The summed E-state index contributed by atoms with van der Waals surface area (Å²) in [6.07, 6.45) is 1.13. The van der Waals surface area contributed by atoms with Crippen molar-refractivity contribution >= 4 is 16.9 Å². The minimum atomic E-state index is 0.141. The summed E-state index contributed by atoms with van der Waals surface area (Å²) in [6, 6.07) is 8.21. The van der Waals surface area contributed by atoms with Gasteiger partial charge in [0.05, 0.1) is 6.61 Å². The highest BCUT2D eigenvalue weighted by molar-refractivity contribution is 8.13. The quantitative estimate of drug-likeness (QED) is 0.719. The Morgan fingerprint density at radius 3 is 2.88 bits per heavy atom. The first-order valence-electron chi connectivity index (χ1n) is 5.99. The van der Waals surface area contributed by atoms with Gasteiger partial charge in [0, 0.05) is 12.7 Å². The van der Waals surface area contributed by atoms with Crippen molar-refractivity contribution in [2.45, 2.75) is 33.1 Å². The van der Waals surface area contributed by atoms with Gasteiger partial charge in [-0.2, -0.15) is 0 Å². The molecule has 0 heterocycles. The van der Waals surface area contributed by atoms with E-state index in [-0.39, 0.29) is 5.12 Å². The molecular formula is C14H20O2S. The van der Waals surface area contributed by atoms with E-state index in [4.69, 9.17) is 4.74 Å². The van der Waals surface area contributed by atoms with Gasteiger partial charge in [-0.25, -0.2) is 0 Å². The molecule has 0 amide bonds. The summed E-state index contributed by atoms with van der Waals surface area (Å²) in [5, 5.41) is 0.141. The van der Waals surface area contributed by atoms with Crippen LogP contribution in [-0.2, 0) is 4.79 Å². The van der Waals surface area contributed by atoms with Gasteiger partial charge in [-0.1, -0.05) is 37.7 Å². The van der Waals surface area contributed by atoms with E-state index in [1.807, 2.05) is 12.1 Å². The highest BCUT2D eigenvalue weighted by Gasteiger charge is 2.04. The SMILES string of the molecule is CCC(C)c1cccc(OCCSC(C)=O)c1. The largest absolute Gasteiger partial charge is 0.493 e. The molecule has 0 saturated heterocycles. The summed E-state index contributed by atoms with van der Waals surface area (Å²) in [6.45, 7) is 6.55. The zero-order valence-electron chi connectivity index (χ0n) is 10.7. The molecule has 1 atom stereocenters. The molecule has 0 bridgehead atoms. The summed E-state index contributed by atoms with van der Waals surface area (Å²) in [5.41, 5.74) is 1.31. The molecule has 3 heteroatoms. The summed E-state index contributed by atoms with van der Waals surface area (Å²) < 4.78 is 5.62. The highest BCUT2D eigenvalue weighted by atomic mass is 32.2. The number of carbonyl (C=O) groups is 1. The van der Waals surface area contributed by atoms with Gasteiger partial charge in [-0.3, -0.25) is 4.79 Å². The molecule has 1 rings (SSSR count). The Labute approximate surface area is 108 Å². The van der Waals surface area contributed by atoms with E-state index in [0.717, 1.165) is 12.2 Å². The third kappa shape index (κ3) is 5.26. The molecule has 0 aliphatic heterocycles. The molecule has 0 radical (unpaired) electrons. The van der Waals surface area contributed by atoms with E-state index in [1.165, 1.54) is 17.3 Å². The van der Waals surface area contributed by atoms with Gasteiger partial charge < -0.3 is 4.74 Å². The minimum Gasteiger partial charge on any atom is -0.493 e. The van der Waals surface area contributed by atoms with Crippen molar-refractivity contribution in [3.63, 3.8) is 0 Å². The van der Waals surface area contributed by atoms with Gasteiger partial charge in [-0.15, -0.1) is 0 Å². The van der Waals surface area contributed by atoms with Gasteiger partial charge >= 0.3 is 0 Å². The standard InChI is InChI=1S/C14H20O2S/c1-4-11(2)13-6-5-7-14(10-13)16-8-9-17-12(3)15/h5-7,10-11H,4,8-9H2,1-3H3. The predicted molar refractivity (Wildman–Crippen MR) is 73.8 cm³/mol. The highest BCUT2D eigenvalue weighted by Crippen LogP contribution is 2.22. The van der Waals surface area contributed by atoms with Crippen molar-refractivity contribution in [3.8, 4) is 5.75 Å². The van der Waals surface area contributed by atoms with Crippen LogP contribution in [0, 0.1) is 0 Å². The van der Waals surface area contributed by atoms with Crippen LogP contribution in [0.25, 0.3) is 0 Å². The van der Waals surface area contributed by atoms with Crippen LogP contribution < -0.4 is 4.74 Å². The van der Waals surface area contributed by atoms with Crippen molar-refractivity contribution in [1.82, 2.24) is 0 Å². The van der Waals surface area contributed by atoms with Crippen LogP contribution in [0.3, 0.4) is 0 Å². The molecule has 0 fully saturated rings. The molecule has 1 aromatic rings. The van der Waals surface area contributed by atoms with Gasteiger partial charge in [0.15, 0.2) is 5.12 Å². The van der Waals surface area contributed by atoms with E-state index in [0.29, 0.717) is 18.3 Å². The Hall–Kier alpha value is -0.960. The number of ether oxygens (including phenoxy) is 1. The van der Waals surface area contributed by atoms with Gasteiger partial charge in [0.1, 0.15) is 5.75 Å². The Kier molecular flexibility index (Phi) is 6.12. The lowest BCUT2D eigenvalue weighted by Crippen LogP contribution is -2.02. The maximum absolute atomic E-state index is 10.7. The molecular weight excluding hydrogens is 232 g/mol. The van der Waals surface area contributed by atoms with Crippen molar-refractivity contribution in [3.05, 3.63) is 29.8 Å². The van der Waals surface area contributed by atoms with Crippen LogP contribution in [-0.4, -0.2) is 17.5 Å².